The molecule has 0 aliphatic carbocycles. The Labute approximate surface area is 104 Å². The SMILES string of the molecule is CN(CC(=O)N(O)CCC(=O)NO)CP(C)(=O)O. The summed E-state index contributed by atoms with van der Waals surface area (Å²) in [5.74, 6) is -1.44. The molecule has 0 aliphatic heterocycles. The highest BCUT2D eigenvalue weighted by atomic mass is 31.2. The predicted molar refractivity (Wildman–Crippen MR) is 61.3 cm³/mol. The third kappa shape index (κ3) is 8.15. The van der Waals surface area contributed by atoms with Gasteiger partial charge in [-0.25, -0.2) is 10.5 Å². The molecule has 0 aromatic heterocycles. The second-order valence-corrected chi connectivity index (χ2v) is 6.39. The van der Waals surface area contributed by atoms with Crippen molar-refractivity contribution < 1.29 is 29.5 Å². The van der Waals surface area contributed by atoms with Crippen molar-refractivity contribution in [2.24, 2.45) is 0 Å². The monoisotopic (exact) mass is 283 g/mol. The van der Waals surface area contributed by atoms with Crippen molar-refractivity contribution in [3.63, 3.8) is 0 Å². The van der Waals surface area contributed by atoms with Gasteiger partial charge in [0.25, 0.3) is 5.91 Å². The average Bonchev–Trinajstić information content (AvgIpc) is 2.22. The highest BCUT2D eigenvalue weighted by Gasteiger charge is 2.19. The Bertz CT molecular complexity index is 344. The van der Waals surface area contributed by atoms with E-state index in [0.29, 0.717) is 5.06 Å². The zero-order chi connectivity index (χ0) is 14.3. The molecular formula is C8H18N3O6P. The van der Waals surface area contributed by atoms with Gasteiger partial charge in [-0.2, -0.15) is 0 Å². The molecule has 10 heteroatoms. The van der Waals surface area contributed by atoms with Gasteiger partial charge in [0.15, 0.2) is 0 Å². The third-order valence-electron chi connectivity index (χ3n) is 1.87. The molecule has 0 bridgehead atoms. The molecule has 18 heavy (non-hydrogen) atoms. The fourth-order valence-corrected chi connectivity index (χ4v) is 2.19. The van der Waals surface area contributed by atoms with Crippen LogP contribution in [0.25, 0.3) is 0 Å². The van der Waals surface area contributed by atoms with Crippen LogP contribution in [-0.2, 0) is 14.2 Å². The van der Waals surface area contributed by atoms with Crippen LogP contribution in [-0.4, -0.2) is 70.2 Å². The lowest BCUT2D eigenvalue weighted by Gasteiger charge is -2.20. The Balaban J connectivity index is 4.08. The normalized spacial score (nSPS) is 14.1. The highest BCUT2D eigenvalue weighted by Crippen LogP contribution is 2.35. The number of hydrogen-bond acceptors (Lipinski definition) is 6. The predicted octanol–water partition coefficient (Wildman–Crippen LogP) is -1.11. The zero-order valence-corrected chi connectivity index (χ0v) is 11.1. The summed E-state index contributed by atoms with van der Waals surface area (Å²) < 4.78 is 11.1. The van der Waals surface area contributed by atoms with Crippen LogP contribution in [0.5, 0.6) is 0 Å². The van der Waals surface area contributed by atoms with Gasteiger partial charge in [0.2, 0.25) is 13.3 Å². The minimum atomic E-state index is -3.27. The maximum absolute atomic E-state index is 11.4. The number of nitrogens with one attached hydrogen (secondary N) is 1. The molecule has 0 saturated heterocycles. The molecule has 4 N–H and O–H groups in total. The van der Waals surface area contributed by atoms with Crippen molar-refractivity contribution in [3.8, 4) is 0 Å². The standard InChI is InChI=1S/C8H18N3O6P/c1-10(6-18(2,16)17)5-8(13)11(15)4-3-7(12)9-14/h14-15H,3-6H2,1-2H3,(H,9,12)(H,16,17). The molecule has 0 aromatic rings. The lowest BCUT2D eigenvalue weighted by atomic mass is 10.4. The molecule has 106 valence electrons. The topological polar surface area (TPSA) is 130 Å². The van der Waals surface area contributed by atoms with E-state index in [1.165, 1.54) is 17.4 Å². The molecular weight excluding hydrogens is 265 g/mol. The largest absolute Gasteiger partial charge is 0.344 e. The van der Waals surface area contributed by atoms with Gasteiger partial charge in [-0.3, -0.25) is 29.5 Å². The van der Waals surface area contributed by atoms with Gasteiger partial charge in [0.1, 0.15) is 0 Å². The van der Waals surface area contributed by atoms with Crippen LogP contribution in [0.15, 0.2) is 0 Å². The van der Waals surface area contributed by atoms with Crippen molar-refractivity contribution in [2.45, 2.75) is 6.42 Å². The highest BCUT2D eigenvalue weighted by molar-refractivity contribution is 7.57. The van der Waals surface area contributed by atoms with Crippen LogP contribution < -0.4 is 5.48 Å². The van der Waals surface area contributed by atoms with Crippen LogP contribution in [0.1, 0.15) is 6.42 Å². The summed E-state index contributed by atoms with van der Waals surface area (Å²) in [5, 5.41) is 17.8. The molecule has 0 fully saturated rings. The minimum Gasteiger partial charge on any atom is -0.344 e. The summed E-state index contributed by atoms with van der Waals surface area (Å²) in [7, 11) is -1.81. The second kappa shape index (κ2) is 7.45. The summed E-state index contributed by atoms with van der Waals surface area (Å²) in [6.45, 7) is 0.633. The smallest absolute Gasteiger partial charge is 0.260 e. The molecule has 0 aliphatic rings. The molecule has 0 rings (SSSR count). The summed E-state index contributed by atoms with van der Waals surface area (Å²) >= 11 is 0. The van der Waals surface area contributed by atoms with Crippen LogP contribution in [0.4, 0.5) is 0 Å². The maximum atomic E-state index is 11.4. The first kappa shape index (κ1) is 17.0. The fraction of sp³-hybridized carbons (Fsp3) is 0.750. The lowest BCUT2D eigenvalue weighted by molar-refractivity contribution is -0.167. The molecule has 0 radical (unpaired) electrons. The number of amides is 2. The summed E-state index contributed by atoms with van der Waals surface area (Å²) in [4.78, 5) is 32.5. The van der Waals surface area contributed by atoms with E-state index in [9.17, 15) is 19.4 Å². The van der Waals surface area contributed by atoms with Gasteiger partial charge in [0.05, 0.1) is 19.4 Å². The van der Waals surface area contributed by atoms with E-state index < -0.39 is 19.2 Å². The van der Waals surface area contributed by atoms with E-state index in [1.807, 2.05) is 0 Å². The molecule has 9 nitrogen and oxygen atoms in total. The van der Waals surface area contributed by atoms with Gasteiger partial charge < -0.3 is 4.89 Å². The van der Waals surface area contributed by atoms with Gasteiger partial charge in [-0.1, -0.05) is 0 Å². The lowest BCUT2D eigenvalue weighted by Crippen LogP contribution is -2.39. The van der Waals surface area contributed by atoms with E-state index in [-0.39, 0.29) is 25.8 Å². The van der Waals surface area contributed by atoms with Crippen LogP contribution in [0.2, 0.25) is 0 Å². The van der Waals surface area contributed by atoms with Crippen molar-refractivity contribution in [3.05, 3.63) is 0 Å². The number of carbonyl (C=O) groups is 2. The van der Waals surface area contributed by atoms with Crippen LogP contribution in [0.3, 0.4) is 0 Å². The Kier molecular flexibility index (Phi) is 7.04. The number of likely N-dealkylation sites (N-methyl/N-ethyl adjacent to an activating group) is 1. The first-order valence-electron chi connectivity index (χ1n) is 5.05. The second-order valence-electron chi connectivity index (χ2n) is 4.01. The Morgan fingerprint density at radius 1 is 1.39 bits per heavy atom. The van der Waals surface area contributed by atoms with E-state index in [1.54, 1.807) is 0 Å². The molecule has 0 spiro atoms. The van der Waals surface area contributed by atoms with Crippen molar-refractivity contribution in [2.75, 3.05) is 33.1 Å². The summed E-state index contributed by atoms with van der Waals surface area (Å²) in [5.41, 5.74) is 1.36. The molecule has 1 atom stereocenters. The van der Waals surface area contributed by atoms with E-state index in [4.69, 9.17) is 10.1 Å². The Morgan fingerprint density at radius 2 is 1.94 bits per heavy atom. The molecule has 0 aromatic carbocycles. The first-order chi connectivity index (χ1) is 8.15. The van der Waals surface area contributed by atoms with Gasteiger partial charge in [-0.15, -0.1) is 0 Å². The average molecular weight is 283 g/mol. The van der Waals surface area contributed by atoms with E-state index in [2.05, 4.69) is 0 Å². The van der Waals surface area contributed by atoms with Crippen molar-refractivity contribution in [1.82, 2.24) is 15.4 Å². The number of hydroxylamine groups is 3. The third-order valence-corrected chi connectivity index (χ3v) is 2.88. The van der Waals surface area contributed by atoms with Gasteiger partial charge in [-0.05, 0) is 7.05 Å². The maximum Gasteiger partial charge on any atom is 0.260 e. The quantitative estimate of drug-likeness (QED) is 0.265. The Morgan fingerprint density at radius 3 is 2.39 bits per heavy atom. The fourth-order valence-electron chi connectivity index (χ4n) is 1.20. The summed E-state index contributed by atoms with van der Waals surface area (Å²) in [6, 6.07) is 0. The van der Waals surface area contributed by atoms with Crippen LogP contribution in [0, 0.1) is 0 Å². The van der Waals surface area contributed by atoms with E-state index >= 15 is 0 Å². The van der Waals surface area contributed by atoms with E-state index in [0.717, 1.165) is 6.66 Å². The number of hydrogen-bond donors (Lipinski definition) is 4. The van der Waals surface area contributed by atoms with Crippen molar-refractivity contribution in [1.29, 1.82) is 0 Å². The van der Waals surface area contributed by atoms with Gasteiger partial charge in [0, 0.05) is 13.1 Å². The zero-order valence-electron chi connectivity index (χ0n) is 10.2. The van der Waals surface area contributed by atoms with Gasteiger partial charge >= 0.3 is 0 Å². The first-order valence-corrected chi connectivity index (χ1v) is 7.35. The minimum absolute atomic E-state index is 0.177. The molecule has 0 heterocycles. The number of carbonyl (C=O) groups excluding carboxylic acids is 2. The number of nitrogens with zero attached hydrogens (tertiary/aromatic N) is 2. The Hall–Kier alpha value is -0.990. The summed E-state index contributed by atoms with van der Waals surface area (Å²) in [6.07, 6.45) is -0.432. The van der Waals surface area contributed by atoms with Crippen LogP contribution >= 0.6 is 7.37 Å². The molecule has 0 saturated carbocycles. The molecule has 2 amide bonds. The van der Waals surface area contributed by atoms with Crippen molar-refractivity contribution >= 4 is 19.2 Å². The number of rotatable bonds is 7. The molecule has 1 unspecified atom stereocenters.